The van der Waals surface area contributed by atoms with Gasteiger partial charge in [-0.2, -0.15) is 8.78 Å². The summed E-state index contributed by atoms with van der Waals surface area (Å²) in [4.78, 5) is 3.39. The van der Waals surface area contributed by atoms with Crippen LogP contribution in [0.3, 0.4) is 0 Å². The lowest BCUT2D eigenvalue weighted by Crippen LogP contribution is -1.94. The molecule has 0 atom stereocenters. The monoisotopic (exact) mass is 152 g/mol. The molecule has 0 aliphatic heterocycles. The van der Waals surface area contributed by atoms with Crippen molar-refractivity contribution in [1.82, 2.24) is 9.55 Å². The molecule has 0 bridgehead atoms. The van der Waals surface area contributed by atoms with Gasteiger partial charge in [0.1, 0.15) is 11.5 Å². The van der Waals surface area contributed by atoms with Gasteiger partial charge >= 0.3 is 6.55 Å². The number of nitrogens with zero attached hydrogens (tertiary/aromatic N) is 2. The number of aromatic nitrogens is 2. The predicted octanol–water partition coefficient (Wildman–Crippen LogP) is 1.93. The standard InChI is InChI=1S/C4H3ClF2N2/c5-3-1-8-2-9(3)4(6)7/h1-2,4H. The van der Waals surface area contributed by atoms with Gasteiger partial charge in [-0.3, -0.25) is 4.57 Å². The third kappa shape index (κ3) is 1.18. The van der Waals surface area contributed by atoms with Gasteiger partial charge in [-0.15, -0.1) is 0 Å². The molecule has 0 aliphatic carbocycles. The van der Waals surface area contributed by atoms with Crippen LogP contribution in [0, 0.1) is 0 Å². The van der Waals surface area contributed by atoms with E-state index in [0.717, 1.165) is 12.5 Å². The second-order valence-electron chi connectivity index (χ2n) is 1.40. The Morgan fingerprint density at radius 2 is 2.33 bits per heavy atom. The highest BCUT2D eigenvalue weighted by atomic mass is 35.5. The third-order valence-corrected chi connectivity index (χ3v) is 1.12. The molecule has 50 valence electrons. The first-order chi connectivity index (χ1) is 4.22. The zero-order valence-corrected chi connectivity index (χ0v) is 5.02. The molecule has 1 rings (SSSR count). The summed E-state index contributed by atoms with van der Waals surface area (Å²) >= 11 is 5.26. The first kappa shape index (κ1) is 6.48. The van der Waals surface area contributed by atoms with E-state index in [0.29, 0.717) is 4.57 Å². The highest BCUT2D eigenvalue weighted by Crippen LogP contribution is 2.16. The molecule has 0 saturated heterocycles. The van der Waals surface area contributed by atoms with E-state index in [2.05, 4.69) is 4.98 Å². The van der Waals surface area contributed by atoms with Crippen LogP contribution in [0.1, 0.15) is 6.55 Å². The van der Waals surface area contributed by atoms with Crippen LogP contribution in [0.4, 0.5) is 8.78 Å². The maximum absolute atomic E-state index is 11.7. The van der Waals surface area contributed by atoms with Crippen molar-refractivity contribution in [2.75, 3.05) is 0 Å². The largest absolute Gasteiger partial charge is 0.320 e. The highest BCUT2D eigenvalue weighted by molar-refractivity contribution is 6.29. The molecular formula is C4H3ClF2N2. The molecule has 0 aromatic carbocycles. The van der Waals surface area contributed by atoms with Crippen molar-refractivity contribution < 1.29 is 8.78 Å². The fraction of sp³-hybridized carbons (Fsp3) is 0.250. The van der Waals surface area contributed by atoms with Gasteiger partial charge in [0.05, 0.1) is 6.20 Å². The molecule has 0 aliphatic rings. The van der Waals surface area contributed by atoms with Crippen molar-refractivity contribution in [3.63, 3.8) is 0 Å². The molecule has 5 heteroatoms. The molecule has 0 fully saturated rings. The van der Waals surface area contributed by atoms with Gasteiger partial charge in [0.2, 0.25) is 0 Å². The van der Waals surface area contributed by atoms with Crippen LogP contribution in [0.5, 0.6) is 0 Å². The fourth-order valence-corrected chi connectivity index (χ4v) is 0.606. The zero-order valence-electron chi connectivity index (χ0n) is 4.26. The van der Waals surface area contributed by atoms with Crippen molar-refractivity contribution in [3.8, 4) is 0 Å². The topological polar surface area (TPSA) is 17.8 Å². The Morgan fingerprint density at radius 3 is 2.56 bits per heavy atom. The van der Waals surface area contributed by atoms with Crippen LogP contribution < -0.4 is 0 Å². The van der Waals surface area contributed by atoms with E-state index in [1.807, 2.05) is 0 Å². The molecule has 0 unspecified atom stereocenters. The molecule has 0 saturated carbocycles. The first-order valence-corrected chi connectivity index (χ1v) is 2.55. The average Bonchev–Trinajstić information content (AvgIpc) is 2.13. The number of hydrogen-bond acceptors (Lipinski definition) is 1. The Labute approximate surface area is 55.1 Å². The number of alkyl halides is 2. The van der Waals surface area contributed by atoms with Crippen molar-refractivity contribution in [2.24, 2.45) is 0 Å². The highest BCUT2D eigenvalue weighted by Gasteiger charge is 2.07. The Kier molecular flexibility index (Phi) is 1.66. The predicted molar refractivity (Wildman–Crippen MR) is 28.5 cm³/mol. The number of halogens is 3. The van der Waals surface area contributed by atoms with E-state index in [-0.39, 0.29) is 5.15 Å². The second-order valence-corrected chi connectivity index (χ2v) is 1.79. The van der Waals surface area contributed by atoms with Gasteiger partial charge in [-0.1, -0.05) is 11.6 Å². The van der Waals surface area contributed by atoms with E-state index >= 15 is 0 Å². The van der Waals surface area contributed by atoms with Gasteiger partial charge in [-0.25, -0.2) is 4.98 Å². The summed E-state index contributed by atoms with van der Waals surface area (Å²) in [6.07, 6.45) is 2.14. The molecule has 1 aromatic heterocycles. The summed E-state index contributed by atoms with van der Waals surface area (Å²) in [5.41, 5.74) is 0. The zero-order chi connectivity index (χ0) is 6.85. The molecule has 0 spiro atoms. The number of rotatable bonds is 1. The summed E-state index contributed by atoms with van der Waals surface area (Å²) < 4.78 is 24.0. The molecule has 0 N–H and O–H groups in total. The summed E-state index contributed by atoms with van der Waals surface area (Å²) in [7, 11) is 0. The summed E-state index contributed by atoms with van der Waals surface area (Å²) in [5.74, 6) is 0. The summed E-state index contributed by atoms with van der Waals surface area (Å²) in [6.45, 7) is -2.60. The molecule has 1 aromatic rings. The molecule has 1 heterocycles. The first-order valence-electron chi connectivity index (χ1n) is 2.17. The molecule has 9 heavy (non-hydrogen) atoms. The molecule has 0 amide bonds. The van der Waals surface area contributed by atoms with Gasteiger partial charge in [0.15, 0.2) is 0 Å². The van der Waals surface area contributed by atoms with Crippen LogP contribution in [0.15, 0.2) is 12.5 Å². The minimum absolute atomic E-state index is 0.0509. The van der Waals surface area contributed by atoms with Crippen LogP contribution in [-0.2, 0) is 0 Å². The molecular weight excluding hydrogens is 150 g/mol. The van der Waals surface area contributed by atoms with E-state index in [9.17, 15) is 8.78 Å². The average molecular weight is 153 g/mol. The van der Waals surface area contributed by atoms with Crippen molar-refractivity contribution in [3.05, 3.63) is 17.7 Å². The number of imidazole rings is 1. The number of hydrogen-bond donors (Lipinski definition) is 0. The van der Waals surface area contributed by atoms with Gasteiger partial charge < -0.3 is 0 Å². The lowest BCUT2D eigenvalue weighted by atomic mass is 10.9. The van der Waals surface area contributed by atoms with Crippen LogP contribution in [0.2, 0.25) is 5.15 Å². The van der Waals surface area contributed by atoms with E-state index in [1.165, 1.54) is 0 Å². The van der Waals surface area contributed by atoms with Crippen molar-refractivity contribution >= 4 is 11.6 Å². The Morgan fingerprint density at radius 1 is 1.67 bits per heavy atom. The lowest BCUT2D eigenvalue weighted by Gasteiger charge is -1.97. The Balaban J connectivity index is 2.94. The van der Waals surface area contributed by atoms with E-state index in [4.69, 9.17) is 11.6 Å². The maximum Gasteiger partial charge on any atom is 0.320 e. The molecule has 0 radical (unpaired) electrons. The summed E-state index contributed by atoms with van der Waals surface area (Å²) in [6, 6.07) is 0. The van der Waals surface area contributed by atoms with Crippen LogP contribution in [-0.4, -0.2) is 9.55 Å². The lowest BCUT2D eigenvalue weighted by molar-refractivity contribution is 0.0705. The van der Waals surface area contributed by atoms with Crippen molar-refractivity contribution in [1.29, 1.82) is 0 Å². The van der Waals surface area contributed by atoms with Gasteiger partial charge in [0.25, 0.3) is 0 Å². The third-order valence-electron chi connectivity index (χ3n) is 0.829. The Hall–Kier alpha value is -0.640. The normalized spacial score (nSPS) is 10.7. The van der Waals surface area contributed by atoms with Crippen LogP contribution in [0.25, 0.3) is 0 Å². The quantitative estimate of drug-likeness (QED) is 0.601. The molecule has 2 nitrogen and oxygen atoms in total. The Bertz CT molecular complexity index is 198. The second kappa shape index (κ2) is 2.31. The SMILES string of the molecule is FC(F)n1cncc1Cl. The fourth-order valence-electron chi connectivity index (χ4n) is 0.432. The summed E-state index contributed by atoms with van der Waals surface area (Å²) in [5, 5.41) is -0.0509. The van der Waals surface area contributed by atoms with Crippen molar-refractivity contribution in [2.45, 2.75) is 6.55 Å². The minimum atomic E-state index is -2.60. The van der Waals surface area contributed by atoms with Crippen LogP contribution >= 0.6 is 11.6 Å². The van der Waals surface area contributed by atoms with Gasteiger partial charge in [-0.05, 0) is 0 Å². The van der Waals surface area contributed by atoms with Gasteiger partial charge in [0, 0.05) is 0 Å². The van der Waals surface area contributed by atoms with E-state index < -0.39 is 6.55 Å². The van der Waals surface area contributed by atoms with E-state index in [1.54, 1.807) is 0 Å². The maximum atomic E-state index is 11.7. The smallest absolute Gasteiger partial charge is 0.263 e. The minimum Gasteiger partial charge on any atom is -0.263 e.